The Balaban J connectivity index is 0.000000763. The highest BCUT2D eigenvalue weighted by Gasteiger charge is 2.37. The van der Waals surface area contributed by atoms with E-state index in [2.05, 4.69) is 0 Å². The number of amides is 1. The van der Waals surface area contributed by atoms with Crippen molar-refractivity contribution in [2.45, 2.75) is 19.1 Å². The minimum atomic E-state index is -4.67. The van der Waals surface area contributed by atoms with Crippen molar-refractivity contribution < 1.29 is 44.3 Å². The molecule has 0 unspecified atom stereocenters. The lowest BCUT2D eigenvalue weighted by atomic mass is 10.2. The predicted octanol–water partition coefficient (Wildman–Crippen LogP) is 1.99. The summed E-state index contributed by atoms with van der Waals surface area (Å²) < 4.78 is 93.7. The van der Waals surface area contributed by atoms with Gasteiger partial charge in [-0.15, -0.1) is 0 Å². The fourth-order valence-electron chi connectivity index (χ4n) is 1.03. The molecule has 1 atom stereocenters. The first kappa shape index (κ1) is 20.2. The quantitative estimate of drug-likeness (QED) is 0.558. The number of carbonyl (C=O) groups excluding carboxylic acids is 1. The van der Waals surface area contributed by atoms with Crippen LogP contribution in [0.5, 0.6) is 0 Å². The highest BCUT2D eigenvalue weighted by Crippen LogP contribution is 2.20. The maximum absolute atomic E-state index is 13.1. The van der Waals surface area contributed by atoms with Gasteiger partial charge in [-0.3, -0.25) is 13.9 Å². The van der Waals surface area contributed by atoms with Gasteiger partial charge in [0, 0.05) is 0 Å². The summed E-state index contributed by atoms with van der Waals surface area (Å²) in [7, 11) is -4.67. The lowest BCUT2D eigenvalue weighted by Gasteiger charge is -2.17. The van der Waals surface area contributed by atoms with Gasteiger partial charge in [-0.1, -0.05) is 0 Å². The van der Waals surface area contributed by atoms with E-state index >= 15 is 0 Å². The van der Waals surface area contributed by atoms with Crippen molar-refractivity contribution in [1.82, 2.24) is 5.32 Å². The summed E-state index contributed by atoms with van der Waals surface area (Å²) in [4.78, 5) is 11.3. The molecule has 1 aromatic carbocycles. The van der Waals surface area contributed by atoms with Gasteiger partial charge in [-0.2, -0.15) is 21.6 Å². The summed E-state index contributed by atoms with van der Waals surface area (Å²) in [6.45, 7) is 0.703. The largest absolute Gasteiger partial charge is 0.408 e. The molecule has 1 rings (SSSR count). The van der Waals surface area contributed by atoms with Crippen LogP contribution in [0, 0.1) is 11.6 Å². The third-order valence-corrected chi connectivity index (χ3v) is 2.01. The van der Waals surface area contributed by atoms with Crippen LogP contribution in [-0.2, 0) is 10.4 Å². The van der Waals surface area contributed by atoms with E-state index in [1.54, 1.807) is 0 Å². The molecule has 1 amide bonds. The highest BCUT2D eigenvalue weighted by atomic mass is 32.3. The molecule has 0 bridgehead atoms. The molecule has 0 heterocycles. The zero-order valence-electron chi connectivity index (χ0n) is 10.7. The topological polar surface area (TPSA) is 104 Å². The van der Waals surface area contributed by atoms with Crippen molar-refractivity contribution in [1.29, 1.82) is 0 Å². The molecule has 0 saturated heterocycles. The Morgan fingerprint density at radius 1 is 1.23 bits per heavy atom. The van der Waals surface area contributed by atoms with Gasteiger partial charge in [0.25, 0.3) is 5.91 Å². The van der Waals surface area contributed by atoms with Crippen molar-refractivity contribution in [3.05, 3.63) is 35.4 Å². The maximum Gasteiger partial charge on any atom is 0.408 e. The molecule has 0 fully saturated rings. The first-order valence-electron chi connectivity index (χ1n) is 5.24. The van der Waals surface area contributed by atoms with E-state index in [4.69, 9.17) is 17.5 Å². The molecule has 12 heteroatoms. The summed E-state index contributed by atoms with van der Waals surface area (Å²) in [5, 5.41) is 1.53. The minimum Gasteiger partial charge on any atom is -0.340 e. The van der Waals surface area contributed by atoms with Gasteiger partial charge in [0.15, 0.2) is 0 Å². The Labute approximate surface area is 121 Å². The molecule has 0 aromatic heterocycles. The van der Waals surface area contributed by atoms with Gasteiger partial charge >= 0.3 is 16.6 Å². The second-order valence-corrected chi connectivity index (χ2v) is 4.70. The lowest BCUT2D eigenvalue weighted by molar-refractivity contribution is -0.149. The van der Waals surface area contributed by atoms with Crippen LogP contribution in [0.3, 0.4) is 0 Å². The van der Waals surface area contributed by atoms with E-state index in [0.717, 1.165) is 6.07 Å². The van der Waals surface area contributed by atoms with Gasteiger partial charge in [0.05, 0.1) is 5.56 Å². The van der Waals surface area contributed by atoms with Crippen LogP contribution in [0.4, 0.5) is 22.0 Å². The van der Waals surface area contributed by atoms with Crippen LogP contribution in [-0.4, -0.2) is 35.6 Å². The van der Waals surface area contributed by atoms with E-state index in [0.29, 0.717) is 19.1 Å². The normalized spacial score (nSPS) is 12.9. The third-order valence-electron chi connectivity index (χ3n) is 2.01. The summed E-state index contributed by atoms with van der Waals surface area (Å²) in [5.74, 6) is -3.30. The van der Waals surface area contributed by atoms with Crippen LogP contribution in [0.1, 0.15) is 17.3 Å². The Hall–Kier alpha value is -1.79. The third kappa shape index (κ3) is 8.49. The number of hydrogen-bond donors (Lipinski definition) is 3. The van der Waals surface area contributed by atoms with Gasteiger partial charge in [-0.25, -0.2) is 8.78 Å². The molecule has 0 aliphatic carbocycles. The molecule has 0 aliphatic rings. The maximum atomic E-state index is 13.1. The molecule has 22 heavy (non-hydrogen) atoms. The number of nitrogens with one attached hydrogen (secondary N) is 1. The molecule has 3 N–H and O–H groups in total. The first-order valence-corrected chi connectivity index (χ1v) is 6.64. The van der Waals surface area contributed by atoms with E-state index < -0.39 is 45.7 Å². The van der Waals surface area contributed by atoms with Gasteiger partial charge in [0.2, 0.25) is 0 Å². The summed E-state index contributed by atoms with van der Waals surface area (Å²) in [6, 6.07) is -0.173. The summed E-state index contributed by atoms with van der Waals surface area (Å²) in [5.41, 5.74) is -0.763. The van der Waals surface area contributed by atoms with Crippen LogP contribution >= 0.6 is 0 Å². The molecule has 1 aromatic rings. The zero-order chi connectivity index (χ0) is 17.7. The second-order valence-electron chi connectivity index (χ2n) is 3.81. The zero-order valence-corrected chi connectivity index (χ0v) is 11.5. The van der Waals surface area contributed by atoms with Crippen LogP contribution in [0.15, 0.2) is 18.2 Å². The SMILES string of the molecule is C[C@H](NC(=O)c1cc(F)ccc1F)C(F)(F)F.O=S(=O)(O)O. The monoisotopic (exact) mass is 351 g/mol. The molecule has 0 spiro atoms. The standard InChI is InChI=1S/C10H8F5NO.H2O4S/c1-5(10(13,14)15)16-9(17)7-4-6(11)2-3-8(7)12;1-5(2,3)4/h2-5H,1H3,(H,16,17);(H2,1,2,3,4)/t5-;/m0./s1. The van der Waals surface area contributed by atoms with Crippen molar-refractivity contribution in [2.24, 2.45) is 0 Å². The predicted molar refractivity (Wildman–Crippen MR) is 63.5 cm³/mol. The Kier molecular flexibility index (Phi) is 6.86. The van der Waals surface area contributed by atoms with Gasteiger partial charge < -0.3 is 5.32 Å². The average molecular weight is 351 g/mol. The molecular formula is C10H10F5NO5S. The van der Waals surface area contributed by atoms with E-state index in [1.165, 1.54) is 5.32 Å². The Morgan fingerprint density at radius 2 is 1.68 bits per heavy atom. The average Bonchev–Trinajstić information content (AvgIpc) is 2.28. The number of rotatable bonds is 2. The number of carbonyl (C=O) groups is 1. The van der Waals surface area contributed by atoms with Crippen molar-refractivity contribution in [3.8, 4) is 0 Å². The first-order chi connectivity index (χ1) is 9.71. The lowest BCUT2D eigenvalue weighted by Crippen LogP contribution is -2.43. The number of halogens is 5. The Bertz CT molecular complexity index is 623. The molecule has 0 radical (unpaired) electrons. The molecule has 6 nitrogen and oxygen atoms in total. The molecular weight excluding hydrogens is 341 g/mol. The van der Waals surface area contributed by atoms with Crippen molar-refractivity contribution in [3.63, 3.8) is 0 Å². The number of benzene rings is 1. The Morgan fingerprint density at radius 3 is 2.09 bits per heavy atom. The molecule has 126 valence electrons. The number of hydrogen-bond acceptors (Lipinski definition) is 3. The van der Waals surface area contributed by atoms with Gasteiger partial charge in [0.1, 0.15) is 17.7 Å². The molecule has 0 saturated carbocycles. The fraction of sp³-hybridized carbons (Fsp3) is 0.300. The summed E-state index contributed by atoms with van der Waals surface area (Å²) >= 11 is 0. The summed E-state index contributed by atoms with van der Waals surface area (Å²) in [6.07, 6.45) is -4.64. The van der Waals surface area contributed by atoms with E-state index in [1.807, 2.05) is 0 Å². The van der Waals surface area contributed by atoms with Crippen LogP contribution in [0.25, 0.3) is 0 Å². The van der Waals surface area contributed by atoms with Crippen molar-refractivity contribution in [2.75, 3.05) is 0 Å². The van der Waals surface area contributed by atoms with Crippen LogP contribution in [0.2, 0.25) is 0 Å². The van der Waals surface area contributed by atoms with E-state index in [-0.39, 0.29) is 0 Å². The van der Waals surface area contributed by atoms with Gasteiger partial charge in [-0.05, 0) is 25.1 Å². The minimum absolute atomic E-state index is 0.535. The smallest absolute Gasteiger partial charge is 0.340 e. The van der Waals surface area contributed by atoms with Crippen molar-refractivity contribution >= 4 is 16.3 Å². The van der Waals surface area contributed by atoms with Crippen LogP contribution < -0.4 is 5.32 Å². The molecule has 0 aliphatic heterocycles. The second kappa shape index (κ2) is 7.47. The highest BCUT2D eigenvalue weighted by molar-refractivity contribution is 7.79. The van der Waals surface area contributed by atoms with E-state index in [9.17, 15) is 26.7 Å². The fourth-order valence-corrected chi connectivity index (χ4v) is 1.03. The number of alkyl halides is 3.